The van der Waals surface area contributed by atoms with E-state index in [4.69, 9.17) is 10.2 Å². The lowest BCUT2D eigenvalue weighted by atomic mass is 9.85. The molecular weight excluding hydrogens is 452 g/mol. The van der Waals surface area contributed by atoms with Gasteiger partial charge in [0, 0.05) is 44.0 Å². The Labute approximate surface area is 223 Å². The van der Waals surface area contributed by atoms with Crippen LogP contribution in [0.3, 0.4) is 0 Å². The number of hydrogen-bond acceptors (Lipinski definition) is 4. The van der Waals surface area contributed by atoms with Crippen LogP contribution in [-0.2, 0) is 5.54 Å². The third-order valence-corrected chi connectivity index (χ3v) is 7.28. The summed E-state index contributed by atoms with van der Waals surface area (Å²) in [6.07, 6.45) is 9.60. The van der Waals surface area contributed by atoms with Crippen molar-refractivity contribution in [2.45, 2.75) is 45.7 Å². The average Bonchev–Trinajstić information content (AvgIpc) is 3.38. The topological polar surface area (TPSA) is 31.2 Å². The molecule has 0 radical (unpaired) electrons. The Hall–Kier alpha value is -3.66. The highest BCUT2D eigenvalue weighted by Gasteiger charge is 2.36. The van der Waals surface area contributed by atoms with Crippen LogP contribution in [0.4, 0.5) is 11.4 Å². The summed E-state index contributed by atoms with van der Waals surface area (Å²) >= 11 is 0. The van der Waals surface area contributed by atoms with Crippen LogP contribution < -0.4 is 9.80 Å². The molecule has 1 aliphatic rings. The zero-order valence-electron chi connectivity index (χ0n) is 22.7. The SMILES string of the molecule is CCN(CC)c1ccc(C=CC2CC(C=Cc3ccc(N(CC)CC)cc3)(c3ccccc3)N=N2)cc1. The molecular formula is C33H40N4. The van der Waals surface area contributed by atoms with Crippen molar-refractivity contribution >= 4 is 23.5 Å². The molecule has 0 saturated heterocycles. The second-order valence-electron chi connectivity index (χ2n) is 9.50. The van der Waals surface area contributed by atoms with E-state index in [1.807, 2.05) is 0 Å². The summed E-state index contributed by atoms with van der Waals surface area (Å²) in [6.45, 7) is 12.8. The Morgan fingerprint density at radius 1 is 0.703 bits per heavy atom. The van der Waals surface area contributed by atoms with Gasteiger partial charge in [-0.3, -0.25) is 0 Å². The molecule has 0 aromatic heterocycles. The lowest BCUT2D eigenvalue weighted by molar-refractivity contribution is 0.557. The molecule has 0 saturated carbocycles. The van der Waals surface area contributed by atoms with Crippen molar-refractivity contribution in [3.05, 3.63) is 108 Å². The van der Waals surface area contributed by atoms with Gasteiger partial charge in [0.05, 0.1) is 6.04 Å². The summed E-state index contributed by atoms with van der Waals surface area (Å²) in [6, 6.07) is 28.1. The minimum atomic E-state index is -0.458. The highest BCUT2D eigenvalue weighted by molar-refractivity contribution is 5.59. The minimum Gasteiger partial charge on any atom is -0.372 e. The Kier molecular flexibility index (Phi) is 8.95. The molecule has 0 bridgehead atoms. The molecule has 0 fully saturated rings. The van der Waals surface area contributed by atoms with Crippen LogP contribution in [-0.4, -0.2) is 32.2 Å². The summed E-state index contributed by atoms with van der Waals surface area (Å²) in [5, 5.41) is 9.55. The van der Waals surface area contributed by atoms with E-state index in [0.29, 0.717) is 0 Å². The molecule has 4 heteroatoms. The van der Waals surface area contributed by atoms with Crippen molar-refractivity contribution in [3.8, 4) is 0 Å². The van der Waals surface area contributed by atoms with Gasteiger partial charge in [-0.15, -0.1) is 0 Å². The molecule has 3 aromatic carbocycles. The van der Waals surface area contributed by atoms with Crippen molar-refractivity contribution in [1.29, 1.82) is 0 Å². The molecule has 0 spiro atoms. The summed E-state index contributed by atoms with van der Waals surface area (Å²) in [5.74, 6) is 0. The zero-order chi connectivity index (χ0) is 26.1. The van der Waals surface area contributed by atoms with E-state index in [1.54, 1.807) is 0 Å². The molecule has 37 heavy (non-hydrogen) atoms. The van der Waals surface area contributed by atoms with Gasteiger partial charge < -0.3 is 9.80 Å². The number of nitrogens with zero attached hydrogens (tertiary/aromatic N) is 4. The normalized spacial score (nSPS) is 19.2. The van der Waals surface area contributed by atoms with E-state index >= 15 is 0 Å². The van der Waals surface area contributed by atoms with Crippen molar-refractivity contribution in [2.24, 2.45) is 10.2 Å². The van der Waals surface area contributed by atoms with Gasteiger partial charge >= 0.3 is 0 Å². The van der Waals surface area contributed by atoms with Crippen molar-refractivity contribution in [1.82, 2.24) is 0 Å². The Balaban J connectivity index is 1.51. The van der Waals surface area contributed by atoms with Gasteiger partial charge in [0.2, 0.25) is 0 Å². The quantitative estimate of drug-likeness (QED) is 0.270. The number of rotatable bonds is 11. The number of azo groups is 1. The van der Waals surface area contributed by atoms with Gasteiger partial charge in [-0.1, -0.05) is 78.9 Å². The number of anilines is 2. The fourth-order valence-electron chi connectivity index (χ4n) is 5.01. The molecule has 0 amide bonds. The first-order valence-electron chi connectivity index (χ1n) is 13.7. The first-order chi connectivity index (χ1) is 18.1. The number of benzene rings is 3. The molecule has 4 nitrogen and oxygen atoms in total. The van der Waals surface area contributed by atoms with E-state index in [1.165, 1.54) is 28.1 Å². The third kappa shape index (κ3) is 6.37. The minimum absolute atomic E-state index is 0.0392. The number of hydrogen-bond donors (Lipinski definition) is 0. The molecule has 1 heterocycles. The predicted octanol–water partition coefficient (Wildman–Crippen LogP) is 8.23. The molecule has 192 valence electrons. The Morgan fingerprint density at radius 3 is 1.73 bits per heavy atom. The van der Waals surface area contributed by atoms with Crippen LogP contribution in [0.2, 0.25) is 0 Å². The Morgan fingerprint density at radius 2 is 1.22 bits per heavy atom. The second-order valence-corrected chi connectivity index (χ2v) is 9.50. The van der Waals surface area contributed by atoms with Crippen LogP contribution in [0.25, 0.3) is 12.2 Å². The molecule has 0 aliphatic carbocycles. The van der Waals surface area contributed by atoms with Gasteiger partial charge in [0.1, 0.15) is 5.54 Å². The van der Waals surface area contributed by atoms with Crippen LogP contribution in [0.5, 0.6) is 0 Å². The van der Waals surface area contributed by atoms with Crippen molar-refractivity contribution in [3.63, 3.8) is 0 Å². The van der Waals surface area contributed by atoms with Crippen LogP contribution in [0.1, 0.15) is 50.8 Å². The maximum atomic E-state index is 4.85. The monoisotopic (exact) mass is 492 g/mol. The zero-order valence-corrected chi connectivity index (χ0v) is 22.7. The van der Waals surface area contributed by atoms with Gasteiger partial charge in [0.25, 0.3) is 0 Å². The van der Waals surface area contributed by atoms with Gasteiger partial charge in [0.15, 0.2) is 0 Å². The van der Waals surface area contributed by atoms with Crippen LogP contribution in [0, 0.1) is 0 Å². The van der Waals surface area contributed by atoms with Gasteiger partial charge in [-0.2, -0.15) is 10.2 Å². The van der Waals surface area contributed by atoms with Crippen molar-refractivity contribution < 1.29 is 0 Å². The van der Waals surface area contributed by atoms with E-state index in [0.717, 1.165) is 32.6 Å². The molecule has 2 unspecified atom stereocenters. The summed E-state index contributed by atoms with van der Waals surface area (Å²) in [4.78, 5) is 4.72. The summed E-state index contributed by atoms with van der Waals surface area (Å²) in [7, 11) is 0. The first-order valence-corrected chi connectivity index (χ1v) is 13.7. The maximum Gasteiger partial charge on any atom is 0.127 e. The Bertz CT molecular complexity index is 1190. The lowest BCUT2D eigenvalue weighted by Gasteiger charge is -2.22. The fourth-order valence-corrected chi connectivity index (χ4v) is 5.01. The molecule has 2 atom stereocenters. The molecule has 3 aromatic rings. The van der Waals surface area contributed by atoms with E-state index in [9.17, 15) is 0 Å². The highest BCUT2D eigenvalue weighted by Crippen LogP contribution is 2.40. The van der Waals surface area contributed by atoms with Gasteiger partial charge in [-0.25, -0.2) is 0 Å². The summed E-state index contributed by atoms with van der Waals surface area (Å²) < 4.78 is 0. The molecule has 1 aliphatic heterocycles. The van der Waals surface area contributed by atoms with E-state index in [-0.39, 0.29) is 6.04 Å². The highest BCUT2D eigenvalue weighted by atomic mass is 15.2. The third-order valence-electron chi connectivity index (χ3n) is 7.28. The molecule has 0 N–H and O–H groups in total. The first kappa shape index (κ1) is 26.4. The second kappa shape index (κ2) is 12.5. The van der Waals surface area contributed by atoms with Crippen LogP contribution >= 0.6 is 0 Å². The van der Waals surface area contributed by atoms with E-state index in [2.05, 4.69) is 141 Å². The summed E-state index contributed by atoms with van der Waals surface area (Å²) in [5.41, 5.74) is 5.60. The smallest absolute Gasteiger partial charge is 0.127 e. The predicted molar refractivity (Wildman–Crippen MR) is 159 cm³/mol. The standard InChI is InChI=1S/C33H40N4/c1-5-36(6-2)31-20-15-27(16-21-31)14-19-30-26-33(35-34-30,29-12-10-9-11-13-29)25-24-28-17-22-32(23-18-28)37(7-3)8-4/h9-25,30H,5-8,26H2,1-4H3. The lowest BCUT2D eigenvalue weighted by Crippen LogP contribution is -2.21. The van der Waals surface area contributed by atoms with Gasteiger partial charge in [-0.05, 0) is 68.7 Å². The fraction of sp³-hybridized carbons (Fsp3) is 0.333. The maximum absolute atomic E-state index is 4.85. The van der Waals surface area contributed by atoms with Crippen LogP contribution in [0.15, 0.2) is 101 Å². The average molecular weight is 493 g/mol. The van der Waals surface area contributed by atoms with E-state index < -0.39 is 5.54 Å². The van der Waals surface area contributed by atoms with Crippen molar-refractivity contribution in [2.75, 3.05) is 36.0 Å². The largest absolute Gasteiger partial charge is 0.372 e. The molecule has 4 rings (SSSR count).